The standard InChI is InChI=1S/C12H14BrFO/c13-10-5-4-9(11(14)7-10)6-12(15)8-2-1-3-8/h4-5,7-8,12,15H,1-3,6H2. The molecule has 2 rings (SSSR count). The minimum Gasteiger partial charge on any atom is -0.392 e. The average molecular weight is 273 g/mol. The van der Waals surface area contributed by atoms with Gasteiger partial charge in [-0.15, -0.1) is 0 Å². The third-order valence-electron chi connectivity index (χ3n) is 3.14. The molecule has 1 aromatic rings. The summed E-state index contributed by atoms with van der Waals surface area (Å²) in [4.78, 5) is 0. The molecule has 0 heterocycles. The summed E-state index contributed by atoms with van der Waals surface area (Å²) in [6, 6.07) is 5.00. The van der Waals surface area contributed by atoms with Gasteiger partial charge >= 0.3 is 0 Å². The van der Waals surface area contributed by atoms with E-state index in [1.165, 1.54) is 12.5 Å². The van der Waals surface area contributed by atoms with Crippen molar-refractivity contribution in [2.24, 2.45) is 5.92 Å². The number of hydrogen-bond acceptors (Lipinski definition) is 1. The molecular formula is C12H14BrFO. The van der Waals surface area contributed by atoms with E-state index in [2.05, 4.69) is 15.9 Å². The molecule has 1 aliphatic rings. The highest BCUT2D eigenvalue weighted by Crippen LogP contribution is 2.31. The summed E-state index contributed by atoms with van der Waals surface area (Å²) in [6.07, 6.45) is 3.42. The van der Waals surface area contributed by atoms with Gasteiger partial charge in [-0.3, -0.25) is 0 Å². The van der Waals surface area contributed by atoms with E-state index in [1.54, 1.807) is 6.07 Å². The summed E-state index contributed by atoms with van der Waals surface area (Å²) in [5.74, 6) is 0.149. The first-order valence-electron chi connectivity index (χ1n) is 5.29. The molecule has 1 aliphatic carbocycles. The molecule has 82 valence electrons. The fourth-order valence-corrected chi connectivity index (χ4v) is 2.24. The molecule has 0 saturated heterocycles. The molecule has 0 amide bonds. The van der Waals surface area contributed by atoms with Gasteiger partial charge in [-0.2, -0.15) is 0 Å². The van der Waals surface area contributed by atoms with Crippen LogP contribution in [0.4, 0.5) is 4.39 Å². The van der Waals surface area contributed by atoms with Gasteiger partial charge in [-0.25, -0.2) is 4.39 Å². The summed E-state index contributed by atoms with van der Waals surface area (Å²) in [5, 5.41) is 9.84. The monoisotopic (exact) mass is 272 g/mol. The molecule has 0 aromatic heterocycles. The number of hydrogen-bond donors (Lipinski definition) is 1. The predicted molar refractivity (Wildman–Crippen MR) is 61.2 cm³/mol. The Bertz CT molecular complexity index is 349. The van der Waals surface area contributed by atoms with Gasteiger partial charge < -0.3 is 5.11 Å². The summed E-state index contributed by atoms with van der Waals surface area (Å²) in [5.41, 5.74) is 0.609. The molecule has 0 aliphatic heterocycles. The minimum absolute atomic E-state index is 0.234. The SMILES string of the molecule is OC(Cc1ccc(Br)cc1F)C1CCC1. The minimum atomic E-state index is -0.380. The molecule has 1 aromatic carbocycles. The zero-order chi connectivity index (χ0) is 10.8. The van der Waals surface area contributed by atoms with Gasteiger partial charge in [0, 0.05) is 10.9 Å². The second kappa shape index (κ2) is 4.62. The lowest BCUT2D eigenvalue weighted by Gasteiger charge is -2.30. The van der Waals surface area contributed by atoms with Crippen molar-refractivity contribution in [1.29, 1.82) is 0 Å². The fraction of sp³-hybridized carbons (Fsp3) is 0.500. The largest absolute Gasteiger partial charge is 0.392 e. The van der Waals surface area contributed by atoms with Crippen molar-refractivity contribution in [2.75, 3.05) is 0 Å². The van der Waals surface area contributed by atoms with Crippen molar-refractivity contribution in [3.8, 4) is 0 Å². The molecule has 0 radical (unpaired) electrons. The third-order valence-corrected chi connectivity index (χ3v) is 3.63. The van der Waals surface area contributed by atoms with Gasteiger partial charge in [-0.1, -0.05) is 28.4 Å². The lowest BCUT2D eigenvalue weighted by molar-refractivity contribution is 0.0623. The number of aliphatic hydroxyl groups is 1. The zero-order valence-corrected chi connectivity index (χ0v) is 10.0. The van der Waals surface area contributed by atoms with Crippen LogP contribution in [0.5, 0.6) is 0 Å². The number of aliphatic hydroxyl groups excluding tert-OH is 1. The normalized spacial score (nSPS) is 18.6. The van der Waals surface area contributed by atoms with Gasteiger partial charge in [0.1, 0.15) is 5.82 Å². The van der Waals surface area contributed by atoms with Crippen LogP contribution in [0.2, 0.25) is 0 Å². The predicted octanol–water partition coefficient (Wildman–Crippen LogP) is 3.29. The maximum atomic E-state index is 13.5. The molecule has 15 heavy (non-hydrogen) atoms. The first kappa shape index (κ1) is 11.1. The van der Waals surface area contributed by atoms with Crippen LogP contribution in [0, 0.1) is 11.7 Å². The first-order chi connectivity index (χ1) is 7.16. The Kier molecular flexibility index (Phi) is 3.42. The number of benzene rings is 1. The van der Waals surface area contributed by atoms with Crippen LogP contribution in [0.15, 0.2) is 22.7 Å². The first-order valence-corrected chi connectivity index (χ1v) is 6.08. The fourth-order valence-electron chi connectivity index (χ4n) is 1.90. The van der Waals surface area contributed by atoms with Crippen molar-refractivity contribution in [2.45, 2.75) is 31.8 Å². The number of halogens is 2. The highest BCUT2D eigenvalue weighted by atomic mass is 79.9. The number of rotatable bonds is 3. The van der Waals surface area contributed by atoms with Gasteiger partial charge in [0.05, 0.1) is 6.10 Å². The van der Waals surface area contributed by atoms with E-state index in [0.717, 1.165) is 17.3 Å². The molecule has 1 N–H and O–H groups in total. The van der Waals surface area contributed by atoms with Crippen molar-refractivity contribution in [1.82, 2.24) is 0 Å². The van der Waals surface area contributed by atoms with Gasteiger partial charge in [-0.05, 0) is 36.5 Å². The Morgan fingerprint density at radius 3 is 2.73 bits per heavy atom. The van der Waals surface area contributed by atoms with E-state index in [9.17, 15) is 9.50 Å². The Balaban J connectivity index is 2.03. The van der Waals surface area contributed by atoms with Crippen LogP contribution in [0.1, 0.15) is 24.8 Å². The average Bonchev–Trinajstić information content (AvgIpc) is 2.07. The molecule has 0 spiro atoms. The summed E-state index contributed by atoms with van der Waals surface area (Å²) in [6.45, 7) is 0. The zero-order valence-electron chi connectivity index (χ0n) is 8.42. The van der Waals surface area contributed by atoms with Crippen LogP contribution in [0.3, 0.4) is 0 Å². The second-order valence-electron chi connectivity index (χ2n) is 4.20. The Morgan fingerprint density at radius 1 is 1.47 bits per heavy atom. The topological polar surface area (TPSA) is 20.2 Å². The van der Waals surface area contributed by atoms with Crippen LogP contribution >= 0.6 is 15.9 Å². The van der Waals surface area contributed by atoms with Gasteiger partial charge in [0.25, 0.3) is 0 Å². The third kappa shape index (κ3) is 2.58. The van der Waals surface area contributed by atoms with Crippen LogP contribution in [-0.2, 0) is 6.42 Å². The van der Waals surface area contributed by atoms with Gasteiger partial charge in [0.2, 0.25) is 0 Å². The maximum Gasteiger partial charge on any atom is 0.127 e. The van der Waals surface area contributed by atoms with E-state index < -0.39 is 0 Å². The van der Waals surface area contributed by atoms with E-state index in [4.69, 9.17) is 0 Å². The van der Waals surface area contributed by atoms with Crippen LogP contribution < -0.4 is 0 Å². The van der Waals surface area contributed by atoms with E-state index >= 15 is 0 Å². The van der Waals surface area contributed by atoms with E-state index in [0.29, 0.717) is 17.9 Å². The second-order valence-corrected chi connectivity index (χ2v) is 5.11. The lowest BCUT2D eigenvalue weighted by Crippen LogP contribution is -2.28. The molecule has 1 unspecified atom stereocenters. The summed E-state index contributed by atoms with van der Waals surface area (Å²) >= 11 is 3.21. The Morgan fingerprint density at radius 2 is 2.20 bits per heavy atom. The molecule has 0 bridgehead atoms. The van der Waals surface area contributed by atoms with Crippen molar-refractivity contribution >= 4 is 15.9 Å². The smallest absolute Gasteiger partial charge is 0.127 e. The molecule has 3 heteroatoms. The Labute approximate surface area is 97.4 Å². The van der Waals surface area contributed by atoms with Crippen molar-refractivity contribution in [3.63, 3.8) is 0 Å². The van der Waals surface area contributed by atoms with Crippen LogP contribution in [0.25, 0.3) is 0 Å². The maximum absolute atomic E-state index is 13.5. The van der Waals surface area contributed by atoms with Crippen molar-refractivity contribution < 1.29 is 9.50 Å². The highest BCUT2D eigenvalue weighted by Gasteiger charge is 2.26. The Hall–Kier alpha value is -0.410. The van der Waals surface area contributed by atoms with Crippen LogP contribution in [-0.4, -0.2) is 11.2 Å². The van der Waals surface area contributed by atoms with Crippen molar-refractivity contribution in [3.05, 3.63) is 34.1 Å². The molecule has 1 saturated carbocycles. The molecule has 1 atom stereocenters. The van der Waals surface area contributed by atoms with E-state index in [-0.39, 0.29) is 11.9 Å². The molecular weight excluding hydrogens is 259 g/mol. The van der Waals surface area contributed by atoms with Gasteiger partial charge in [0.15, 0.2) is 0 Å². The molecule has 1 fully saturated rings. The summed E-state index contributed by atoms with van der Waals surface area (Å²) in [7, 11) is 0. The highest BCUT2D eigenvalue weighted by molar-refractivity contribution is 9.10. The van der Waals surface area contributed by atoms with E-state index in [1.807, 2.05) is 6.07 Å². The molecule has 1 nitrogen and oxygen atoms in total. The lowest BCUT2D eigenvalue weighted by atomic mass is 9.79. The quantitative estimate of drug-likeness (QED) is 0.896. The summed E-state index contributed by atoms with van der Waals surface area (Å²) < 4.78 is 14.2.